The van der Waals surface area contributed by atoms with E-state index in [1.54, 1.807) is 41.5 Å². The summed E-state index contributed by atoms with van der Waals surface area (Å²) in [6, 6.07) is 10.6. The average molecular weight is 370 g/mol. The van der Waals surface area contributed by atoms with Gasteiger partial charge in [0, 0.05) is 25.4 Å². The van der Waals surface area contributed by atoms with Gasteiger partial charge in [0.05, 0.1) is 12.8 Å². The average Bonchev–Trinajstić information content (AvgIpc) is 3.35. The quantitative estimate of drug-likeness (QED) is 0.746. The van der Waals surface area contributed by atoms with Crippen LogP contribution in [0.1, 0.15) is 49.8 Å². The van der Waals surface area contributed by atoms with Crippen molar-refractivity contribution in [3.63, 3.8) is 0 Å². The van der Waals surface area contributed by atoms with Crippen molar-refractivity contribution in [3.05, 3.63) is 54.0 Å². The molecule has 1 aliphatic rings. The molecule has 6 nitrogen and oxygen atoms in total. The van der Waals surface area contributed by atoms with E-state index in [1.165, 1.54) is 0 Å². The Hall–Kier alpha value is -2.76. The first-order chi connectivity index (χ1) is 13.1. The minimum Gasteiger partial charge on any atom is -0.508 e. The maximum Gasteiger partial charge on any atom is 0.223 e. The predicted octanol–water partition coefficient (Wildman–Crippen LogP) is 3.35. The number of hydrogen-bond acceptors (Lipinski definition) is 4. The summed E-state index contributed by atoms with van der Waals surface area (Å²) in [5.74, 6) is 0.725. The molecule has 0 bridgehead atoms. The monoisotopic (exact) mass is 370 g/mol. The Morgan fingerprint density at radius 1 is 1.07 bits per heavy atom. The number of amides is 2. The van der Waals surface area contributed by atoms with Crippen molar-refractivity contribution in [3.8, 4) is 5.75 Å². The minimum absolute atomic E-state index is 0.0576. The fourth-order valence-electron chi connectivity index (χ4n) is 3.39. The van der Waals surface area contributed by atoms with Gasteiger partial charge in [-0.3, -0.25) is 9.59 Å². The lowest BCUT2D eigenvalue weighted by Crippen LogP contribution is -2.35. The molecule has 2 aromatic rings. The van der Waals surface area contributed by atoms with E-state index in [4.69, 9.17) is 4.42 Å². The number of phenols is 1. The van der Waals surface area contributed by atoms with E-state index >= 15 is 0 Å². The van der Waals surface area contributed by atoms with Crippen LogP contribution in [-0.4, -0.2) is 27.9 Å². The van der Waals surface area contributed by atoms with Crippen molar-refractivity contribution in [2.24, 2.45) is 0 Å². The summed E-state index contributed by atoms with van der Waals surface area (Å²) in [4.78, 5) is 26.5. The van der Waals surface area contributed by atoms with Crippen molar-refractivity contribution < 1.29 is 19.1 Å². The van der Waals surface area contributed by atoms with E-state index in [-0.39, 0.29) is 36.4 Å². The first kappa shape index (κ1) is 19.0. The second-order valence-corrected chi connectivity index (χ2v) is 7.04. The maximum absolute atomic E-state index is 12.7. The third-order valence-corrected chi connectivity index (χ3v) is 4.88. The predicted molar refractivity (Wildman–Crippen MR) is 101 cm³/mol. The van der Waals surface area contributed by atoms with Crippen LogP contribution in [0.2, 0.25) is 0 Å². The Morgan fingerprint density at radius 3 is 2.48 bits per heavy atom. The number of carbonyl (C=O) groups excluding carboxylic acids is 2. The van der Waals surface area contributed by atoms with Gasteiger partial charge in [-0.1, -0.05) is 25.0 Å². The Balaban J connectivity index is 1.57. The van der Waals surface area contributed by atoms with Gasteiger partial charge >= 0.3 is 0 Å². The van der Waals surface area contributed by atoms with Crippen LogP contribution in [0.4, 0.5) is 0 Å². The summed E-state index contributed by atoms with van der Waals surface area (Å²) in [5, 5.41) is 12.4. The topological polar surface area (TPSA) is 82.8 Å². The Bertz CT molecular complexity index is 734. The van der Waals surface area contributed by atoms with Gasteiger partial charge in [0.25, 0.3) is 0 Å². The van der Waals surface area contributed by atoms with E-state index in [9.17, 15) is 14.7 Å². The lowest BCUT2D eigenvalue weighted by Gasteiger charge is -2.22. The van der Waals surface area contributed by atoms with Crippen LogP contribution in [-0.2, 0) is 22.7 Å². The zero-order valence-corrected chi connectivity index (χ0v) is 15.4. The van der Waals surface area contributed by atoms with Crippen LogP contribution in [0.15, 0.2) is 47.1 Å². The molecule has 0 atom stereocenters. The second kappa shape index (κ2) is 9.26. The summed E-state index contributed by atoms with van der Waals surface area (Å²) >= 11 is 0. The molecule has 3 rings (SSSR count). The molecule has 2 amide bonds. The normalized spacial score (nSPS) is 14.2. The fourth-order valence-corrected chi connectivity index (χ4v) is 3.39. The molecular weight excluding hydrogens is 344 g/mol. The fraction of sp³-hybridized carbons (Fsp3) is 0.429. The van der Waals surface area contributed by atoms with Gasteiger partial charge in [0.15, 0.2) is 0 Å². The highest BCUT2D eigenvalue weighted by molar-refractivity contribution is 5.83. The highest BCUT2D eigenvalue weighted by Gasteiger charge is 2.20. The highest BCUT2D eigenvalue weighted by atomic mass is 16.3. The summed E-state index contributed by atoms with van der Waals surface area (Å²) in [5.41, 5.74) is 0.906. The van der Waals surface area contributed by atoms with Crippen molar-refractivity contribution >= 4 is 11.8 Å². The number of benzene rings is 1. The van der Waals surface area contributed by atoms with Gasteiger partial charge in [-0.05, 0) is 42.7 Å². The van der Waals surface area contributed by atoms with Gasteiger partial charge in [-0.15, -0.1) is 0 Å². The number of furan rings is 1. The van der Waals surface area contributed by atoms with Gasteiger partial charge in [-0.25, -0.2) is 0 Å². The molecule has 1 heterocycles. The molecule has 1 saturated carbocycles. The van der Waals surface area contributed by atoms with Gasteiger partial charge in [0.1, 0.15) is 11.5 Å². The molecule has 1 fully saturated rings. The number of nitrogens with one attached hydrogen (secondary N) is 1. The summed E-state index contributed by atoms with van der Waals surface area (Å²) in [6.45, 7) is 0.737. The molecule has 1 aromatic carbocycles. The van der Waals surface area contributed by atoms with Crippen LogP contribution in [0.5, 0.6) is 5.75 Å². The van der Waals surface area contributed by atoms with Crippen LogP contribution in [0.25, 0.3) is 0 Å². The molecule has 0 unspecified atom stereocenters. The third-order valence-electron chi connectivity index (χ3n) is 4.88. The van der Waals surface area contributed by atoms with E-state index < -0.39 is 0 Å². The minimum atomic E-state index is -0.0963. The molecule has 0 saturated heterocycles. The molecule has 27 heavy (non-hydrogen) atoms. The molecule has 1 aliphatic carbocycles. The number of carbonyl (C=O) groups is 2. The number of aromatic hydroxyl groups is 1. The van der Waals surface area contributed by atoms with Crippen molar-refractivity contribution in [1.29, 1.82) is 0 Å². The molecule has 2 N–H and O–H groups in total. The lowest BCUT2D eigenvalue weighted by atomic mass is 10.1. The number of rotatable bonds is 8. The van der Waals surface area contributed by atoms with Crippen LogP contribution >= 0.6 is 0 Å². The maximum atomic E-state index is 12.7. The number of hydrogen-bond donors (Lipinski definition) is 2. The highest BCUT2D eigenvalue weighted by Crippen LogP contribution is 2.18. The first-order valence-corrected chi connectivity index (χ1v) is 9.47. The van der Waals surface area contributed by atoms with Crippen molar-refractivity contribution in [2.45, 2.75) is 57.7 Å². The zero-order chi connectivity index (χ0) is 19.1. The van der Waals surface area contributed by atoms with E-state index in [0.29, 0.717) is 18.8 Å². The summed E-state index contributed by atoms with van der Waals surface area (Å²) in [6.07, 6.45) is 6.32. The van der Waals surface area contributed by atoms with Crippen LogP contribution < -0.4 is 5.32 Å². The van der Waals surface area contributed by atoms with Crippen LogP contribution in [0, 0.1) is 0 Å². The van der Waals surface area contributed by atoms with Gasteiger partial charge < -0.3 is 19.7 Å². The SMILES string of the molecule is O=C(CCC(=O)N(Cc1ccc(O)cc1)Cc1ccco1)NC1CCCC1. The smallest absolute Gasteiger partial charge is 0.223 e. The standard InChI is InChI=1S/C21H26N2O4/c24-18-9-7-16(8-10-18)14-23(15-19-6-3-13-27-19)21(26)12-11-20(25)22-17-4-1-2-5-17/h3,6-10,13,17,24H,1-2,4-5,11-12,14-15H2,(H,22,25). The molecule has 1 aromatic heterocycles. The Kier molecular flexibility index (Phi) is 6.52. The van der Waals surface area contributed by atoms with Gasteiger partial charge in [0.2, 0.25) is 11.8 Å². The van der Waals surface area contributed by atoms with Gasteiger partial charge in [-0.2, -0.15) is 0 Å². The Labute approximate surface area is 159 Å². The van der Waals surface area contributed by atoms with Crippen molar-refractivity contribution in [2.75, 3.05) is 0 Å². The molecule has 6 heteroatoms. The van der Waals surface area contributed by atoms with Crippen molar-refractivity contribution in [1.82, 2.24) is 10.2 Å². The second-order valence-electron chi connectivity index (χ2n) is 7.04. The lowest BCUT2D eigenvalue weighted by molar-refractivity contribution is -0.135. The van der Waals surface area contributed by atoms with Crippen LogP contribution in [0.3, 0.4) is 0 Å². The molecule has 0 aliphatic heterocycles. The molecule has 0 spiro atoms. The van der Waals surface area contributed by atoms with E-state index in [0.717, 1.165) is 31.2 Å². The zero-order valence-electron chi connectivity index (χ0n) is 15.4. The molecular formula is C21H26N2O4. The molecule has 144 valence electrons. The Morgan fingerprint density at radius 2 is 1.81 bits per heavy atom. The third kappa shape index (κ3) is 5.88. The first-order valence-electron chi connectivity index (χ1n) is 9.47. The summed E-state index contributed by atoms with van der Waals surface area (Å²) < 4.78 is 5.37. The number of phenolic OH excluding ortho intramolecular Hbond substituents is 1. The number of nitrogens with zero attached hydrogens (tertiary/aromatic N) is 1. The largest absolute Gasteiger partial charge is 0.508 e. The van der Waals surface area contributed by atoms with E-state index in [2.05, 4.69) is 5.32 Å². The van der Waals surface area contributed by atoms with E-state index in [1.807, 2.05) is 6.07 Å². The molecule has 0 radical (unpaired) electrons. The summed E-state index contributed by atoms with van der Waals surface area (Å²) in [7, 11) is 0.